The lowest BCUT2D eigenvalue weighted by atomic mass is 9.71. The van der Waals surface area contributed by atoms with E-state index in [4.69, 9.17) is 18.9 Å². The van der Waals surface area contributed by atoms with Gasteiger partial charge in [0.25, 0.3) is 23.6 Å². The van der Waals surface area contributed by atoms with Crippen LogP contribution in [0.4, 0.5) is 9.59 Å². The van der Waals surface area contributed by atoms with E-state index in [0.29, 0.717) is 42.2 Å². The molecule has 370 valence electrons. The largest absolute Gasteiger partial charge is 0.481 e. The molecule has 0 atom stereocenters. The van der Waals surface area contributed by atoms with Crippen molar-refractivity contribution in [2.24, 2.45) is 0 Å². The molecule has 6 heterocycles. The maximum atomic E-state index is 14.2. The summed E-state index contributed by atoms with van der Waals surface area (Å²) in [5.41, 5.74) is 3.59. The van der Waals surface area contributed by atoms with Gasteiger partial charge < -0.3 is 18.9 Å². The Balaban J connectivity index is 0.984. The van der Waals surface area contributed by atoms with Crippen LogP contribution in [0.25, 0.3) is 33.0 Å². The fraction of sp³-hybridized carbons (Fsp3) is 0.276. The molecule has 2 aliphatic carbocycles. The highest BCUT2D eigenvalue weighted by molar-refractivity contribution is 7.17. The molecule has 0 radical (unpaired) electrons. The Morgan fingerprint density at radius 2 is 0.959 bits per heavy atom. The van der Waals surface area contributed by atoms with Gasteiger partial charge in [0, 0.05) is 43.2 Å². The van der Waals surface area contributed by atoms with Crippen molar-refractivity contribution in [3.8, 4) is 44.5 Å². The molecule has 4 aliphatic heterocycles. The molecule has 2 aromatic heterocycles. The monoisotopic (exact) mass is 1020 g/mol. The molecule has 2 spiro atoms. The van der Waals surface area contributed by atoms with Crippen LogP contribution in [-0.4, -0.2) is 45.6 Å². The molecular weight excluding hydrogens is 977 g/mol. The molecule has 6 amide bonds. The third-order valence-corrected chi connectivity index (χ3v) is 17.0. The highest BCUT2D eigenvalue weighted by Crippen LogP contribution is 2.60. The van der Waals surface area contributed by atoms with Gasteiger partial charge in [-0.25, -0.2) is 9.59 Å². The summed E-state index contributed by atoms with van der Waals surface area (Å²) in [6, 6.07) is 29.8. The summed E-state index contributed by atoms with van der Waals surface area (Å²) >= 11 is 2.81. The van der Waals surface area contributed by atoms with Gasteiger partial charge >= 0.3 is 12.2 Å². The molecule has 0 bridgehead atoms. The summed E-state index contributed by atoms with van der Waals surface area (Å²) in [6.45, 7) is 2.68. The number of benzene rings is 3. The van der Waals surface area contributed by atoms with Crippen LogP contribution in [0.15, 0.2) is 118 Å². The van der Waals surface area contributed by atoms with Gasteiger partial charge in [-0.1, -0.05) is 73.5 Å². The van der Waals surface area contributed by atoms with Crippen molar-refractivity contribution in [1.82, 2.24) is 9.80 Å². The summed E-state index contributed by atoms with van der Waals surface area (Å²) in [5.74, 6) is -2.60. The van der Waals surface area contributed by atoms with E-state index in [1.807, 2.05) is 36.4 Å². The second-order valence-electron chi connectivity index (χ2n) is 19.3. The number of rotatable bonds is 6. The first-order valence-electron chi connectivity index (χ1n) is 24.5. The Hall–Kier alpha value is -8.18. The average Bonchev–Trinajstić information content (AvgIpc) is 4.01. The van der Waals surface area contributed by atoms with Gasteiger partial charge in [0.1, 0.15) is 59.2 Å². The highest BCUT2D eigenvalue weighted by Gasteiger charge is 2.49. The first-order valence-corrected chi connectivity index (χ1v) is 26.2. The zero-order valence-electron chi connectivity index (χ0n) is 40.4. The number of ether oxygens (including phenoxy) is 4. The van der Waals surface area contributed by atoms with Crippen molar-refractivity contribution in [2.75, 3.05) is 0 Å². The molecule has 74 heavy (non-hydrogen) atoms. The smallest absolute Gasteiger partial charge is 0.424 e. The van der Waals surface area contributed by atoms with Crippen molar-refractivity contribution in [3.05, 3.63) is 150 Å². The van der Waals surface area contributed by atoms with Crippen LogP contribution in [-0.2, 0) is 53.1 Å². The number of carbonyl (C=O) groups excluding carboxylic acids is 6. The zero-order chi connectivity index (χ0) is 51.5. The number of nitriles is 2. The molecule has 3 aromatic carbocycles. The third-order valence-electron chi connectivity index (χ3n) is 14.8. The van der Waals surface area contributed by atoms with E-state index < -0.39 is 47.0 Å². The van der Waals surface area contributed by atoms with E-state index in [9.17, 15) is 39.3 Å². The second-order valence-corrected chi connectivity index (χ2v) is 21.4. The number of imide groups is 6. The molecule has 6 aliphatic rings. The van der Waals surface area contributed by atoms with Gasteiger partial charge in [-0.15, -0.1) is 22.7 Å². The minimum Gasteiger partial charge on any atom is -0.481 e. The maximum Gasteiger partial charge on any atom is 0.424 e. The number of fused-ring (bicyclic) bond motifs is 8. The van der Waals surface area contributed by atoms with E-state index in [1.165, 1.54) is 36.5 Å². The lowest BCUT2D eigenvalue weighted by Crippen LogP contribution is -2.46. The summed E-state index contributed by atoms with van der Waals surface area (Å²) in [4.78, 5) is 85.8. The third kappa shape index (κ3) is 8.15. The van der Waals surface area contributed by atoms with Crippen LogP contribution in [0, 0.1) is 22.7 Å². The molecular formula is C58H46N4O10S2. The zero-order valence-corrected chi connectivity index (χ0v) is 42.0. The number of hydrogen-bond acceptors (Lipinski definition) is 14. The number of nitrogens with zero attached hydrogens (tertiary/aromatic N) is 4. The molecule has 5 aromatic rings. The van der Waals surface area contributed by atoms with Crippen LogP contribution in [0.3, 0.4) is 0 Å². The number of carbonyl (C=O) groups is 6. The van der Waals surface area contributed by atoms with Gasteiger partial charge in [-0.05, 0) is 124 Å². The van der Waals surface area contributed by atoms with Crippen molar-refractivity contribution in [2.45, 2.75) is 102 Å². The standard InChI is InChI=1S/C58H46N4O10S2/c1-33-39(51(63)61(53(65)43(33)29-59)55(67)69-31-35-15-7-3-8-16-35)23-37-25-47-49(73-37)41-27-46-42(28-45(41)57(71-47)19-11-5-12-20-57)50-48(72-58(46)21-13-6-14-22-58)26-38(74-50)24-40-34(2)44(30-60)54(66)62(52(40)64)56(68)70-32-36-17-9-4-10-18-36/h3-4,7-10,15-18,23-28H,5-6,11-14,19-22,31-32H2,1-2H3/b39-23+,40-24+. The molecule has 0 N–H and O–H groups in total. The molecule has 0 unspecified atom stereocenters. The van der Waals surface area contributed by atoms with E-state index in [-0.39, 0.29) is 46.7 Å². The van der Waals surface area contributed by atoms with Gasteiger partial charge in [0.2, 0.25) is 0 Å². The van der Waals surface area contributed by atoms with E-state index >= 15 is 0 Å². The molecule has 0 saturated heterocycles. The normalized spacial score (nSPS) is 19.6. The topological polar surface area (TPSA) is 193 Å². The highest BCUT2D eigenvalue weighted by atomic mass is 32.1. The van der Waals surface area contributed by atoms with E-state index in [0.717, 1.165) is 96.2 Å². The van der Waals surface area contributed by atoms with Crippen LogP contribution < -0.4 is 9.47 Å². The van der Waals surface area contributed by atoms with Gasteiger partial charge in [0.05, 0.1) is 9.75 Å². The maximum absolute atomic E-state index is 14.2. The first kappa shape index (κ1) is 48.1. The molecule has 2 saturated carbocycles. The molecule has 2 fully saturated rings. The van der Waals surface area contributed by atoms with Crippen LogP contribution in [0.1, 0.15) is 110 Å². The van der Waals surface area contributed by atoms with Crippen LogP contribution in [0.2, 0.25) is 0 Å². The summed E-state index contributed by atoms with van der Waals surface area (Å²) in [5, 5.41) is 20.2. The quantitative estimate of drug-likeness (QED) is 0.116. The van der Waals surface area contributed by atoms with E-state index in [2.05, 4.69) is 12.1 Å². The predicted molar refractivity (Wildman–Crippen MR) is 273 cm³/mol. The van der Waals surface area contributed by atoms with Gasteiger partial charge in [-0.3, -0.25) is 19.2 Å². The fourth-order valence-electron chi connectivity index (χ4n) is 11.0. The van der Waals surface area contributed by atoms with Crippen molar-refractivity contribution < 1.29 is 47.7 Å². The molecule has 11 rings (SSSR count). The number of amides is 6. The average molecular weight is 1020 g/mol. The van der Waals surface area contributed by atoms with Crippen LogP contribution >= 0.6 is 22.7 Å². The minimum absolute atomic E-state index is 0.00626. The van der Waals surface area contributed by atoms with Crippen molar-refractivity contribution in [1.29, 1.82) is 10.5 Å². The lowest BCUT2D eigenvalue weighted by Gasteiger charge is -2.45. The predicted octanol–water partition coefficient (Wildman–Crippen LogP) is 12.1. The Kier molecular flexibility index (Phi) is 12.4. The van der Waals surface area contributed by atoms with Gasteiger partial charge in [-0.2, -0.15) is 20.3 Å². The Morgan fingerprint density at radius 3 is 1.32 bits per heavy atom. The van der Waals surface area contributed by atoms with E-state index in [1.54, 1.807) is 60.7 Å². The molecule has 14 nitrogen and oxygen atoms in total. The minimum atomic E-state index is -1.18. The lowest BCUT2D eigenvalue weighted by molar-refractivity contribution is -0.140. The summed E-state index contributed by atoms with van der Waals surface area (Å²) in [6.07, 6.45) is 9.72. The van der Waals surface area contributed by atoms with Crippen LogP contribution in [0.5, 0.6) is 11.5 Å². The van der Waals surface area contributed by atoms with Crippen molar-refractivity contribution in [3.63, 3.8) is 0 Å². The van der Waals surface area contributed by atoms with Crippen molar-refractivity contribution >= 4 is 70.6 Å². The number of thiophene rings is 2. The second kappa shape index (κ2) is 19.0. The Labute approximate surface area is 434 Å². The fourth-order valence-corrected chi connectivity index (χ4v) is 13.2. The van der Waals surface area contributed by atoms with Gasteiger partial charge in [0.15, 0.2) is 0 Å². The first-order chi connectivity index (χ1) is 35.8. The Morgan fingerprint density at radius 1 is 0.581 bits per heavy atom. The SMILES string of the molecule is CC1=C(C#N)C(=O)N(C(=O)OCc2ccccc2)C(=O)/C1=C/c1cc2c(s1)-c1cc3c(cc1C1(CCCCC1)O2)-c1sc(/C=C2/C(=O)N(C(=O)OCc4ccccc4)C(=O)C(C#N)=C2C)cc1OC31CCCCC1. The summed E-state index contributed by atoms with van der Waals surface area (Å²) < 4.78 is 25.1. The Bertz CT molecular complexity index is 3250. The summed E-state index contributed by atoms with van der Waals surface area (Å²) in [7, 11) is 0. The number of hydrogen-bond donors (Lipinski definition) is 0. The molecule has 16 heteroatoms.